The monoisotopic (exact) mass is 329 g/mol. The average molecular weight is 329 g/mol. The quantitative estimate of drug-likeness (QED) is 0.914. The van der Waals surface area contributed by atoms with Crippen molar-refractivity contribution in [3.05, 3.63) is 47.0 Å². The second-order valence-corrected chi connectivity index (χ2v) is 5.94. The van der Waals surface area contributed by atoms with Gasteiger partial charge in [-0.15, -0.1) is 0 Å². The zero-order valence-electron chi connectivity index (χ0n) is 14.3. The van der Waals surface area contributed by atoms with Gasteiger partial charge in [-0.25, -0.2) is 0 Å². The van der Waals surface area contributed by atoms with Crippen molar-refractivity contribution in [2.45, 2.75) is 19.5 Å². The molecule has 0 radical (unpaired) electrons. The molecule has 0 fully saturated rings. The number of aromatic hydroxyl groups is 1. The summed E-state index contributed by atoms with van der Waals surface area (Å²) < 4.78 is 16.0. The molecular formula is C19H23NO4. The lowest BCUT2D eigenvalue weighted by atomic mass is 9.98. The molecule has 0 amide bonds. The average Bonchev–Trinajstić information content (AvgIpc) is 2.62. The summed E-state index contributed by atoms with van der Waals surface area (Å²) in [6, 6.07) is 9.65. The lowest BCUT2D eigenvalue weighted by Gasteiger charge is -2.29. The van der Waals surface area contributed by atoms with Crippen LogP contribution in [0.15, 0.2) is 30.3 Å². The molecule has 1 aliphatic heterocycles. The molecule has 3 rings (SSSR count). The standard InChI is InChI=1S/C19H23NO4/c1-22-17-8-13(4-5-16(17)21)11-20-7-6-14-9-18(23-2)19(24-3)10-15(14)12-20/h4-5,8-10,21H,6-7,11-12H2,1-3H3. The maximum atomic E-state index is 9.71. The maximum Gasteiger partial charge on any atom is 0.161 e. The first-order valence-electron chi connectivity index (χ1n) is 7.96. The van der Waals surface area contributed by atoms with Gasteiger partial charge in [0.05, 0.1) is 21.3 Å². The molecule has 0 saturated heterocycles. The number of phenols is 1. The molecule has 2 aromatic carbocycles. The summed E-state index contributed by atoms with van der Waals surface area (Å²) in [6.07, 6.45) is 0.977. The van der Waals surface area contributed by atoms with Crippen LogP contribution in [0.25, 0.3) is 0 Å². The summed E-state index contributed by atoms with van der Waals surface area (Å²) in [5.74, 6) is 2.23. The molecule has 0 spiro atoms. The van der Waals surface area contributed by atoms with E-state index >= 15 is 0 Å². The number of fused-ring (bicyclic) bond motifs is 1. The van der Waals surface area contributed by atoms with Gasteiger partial charge in [0, 0.05) is 19.6 Å². The normalized spacial score (nSPS) is 14.1. The fourth-order valence-electron chi connectivity index (χ4n) is 3.16. The van der Waals surface area contributed by atoms with Gasteiger partial charge in [-0.2, -0.15) is 0 Å². The van der Waals surface area contributed by atoms with E-state index in [2.05, 4.69) is 17.0 Å². The minimum Gasteiger partial charge on any atom is -0.504 e. The van der Waals surface area contributed by atoms with Gasteiger partial charge >= 0.3 is 0 Å². The zero-order valence-corrected chi connectivity index (χ0v) is 14.3. The van der Waals surface area contributed by atoms with Gasteiger partial charge in [-0.05, 0) is 47.4 Å². The molecule has 1 heterocycles. The van der Waals surface area contributed by atoms with Gasteiger partial charge < -0.3 is 19.3 Å². The van der Waals surface area contributed by atoms with Crippen LogP contribution >= 0.6 is 0 Å². The van der Waals surface area contributed by atoms with E-state index in [1.54, 1.807) is 27.4 Å². The number of hydrogen-bond acceptors (Lipinski definition) is 5. The van der Waals surface area contributed by atoms with Crippen LogP contribution in [0, 0.1) is 0 Å². The van der Waals surface area contributed by atoms with Crippen LogP contribution < -0.4 is 14.2 Å². The van der Waals surface area contributed by atoms with Crippen molar-refractivity contribution in [1.29, 1.82) is 0 Å². The minimum absolute atomic E-state index is 0.169. The van der Waals surface area contributed by atoms with Crippen LogP contribution in [0.3, 0.4) is 0 Å². The number of rotatable bonds is 5. The maximum absolute atomic E-state index is 9.71. The van der Waals surface area contributed by atoms with E-state index in [0.717, 1.165) is 43.1 Å². The summed E-state index contributed by atoms with van der Waals surface area (Å²) in [5.41, 5.74) is 3.70. The molecule has 0 aliphatic carbocycles. The van der Waals surface area contributed by atoms with Crippen molar-refractivity contribution in [2.24, 2.45) is 0 Å². The van der Waals surface area contributed by atoms with E-state index in [9.17, 15) is 5.11 Å². The van der Waals surface area contributed by atoms with E-state index < -0.39 is 0 Å². The second kappa shape index (κ2) is 7.01. The Kier molecular flexibility index (Phi) is 4.81. The Labute approximate surface area is 142 Å². The molecule has 0 saturated carbocycles. The van der Waals surface area contributed by atoms with Crippen LogP contribution in [-0.2, 0) is 19.5 Å². The van der Waals surface area contributed by atoms with Gasteiger partial charge in [0.15, 0.2) is 23.0 Å². The molecule has 2 aromatic rings. The van der Waals surface area contributed by atoms with Crippen molar-refractivity contribution in [3.63, 3.8) is 0 Å². The molecule has 5 nitrogen and oxygen atoms in total. The molecule has 0 bridgehead atoms. The van der Waals surface area contributed by atoms with Crippen molar-refractivity contribution in [2.75, 3.05) is 27.9 Å². The van der Waals surface area contributed by atoms with E-state index in [-0.39, 0.29) is 5.75 Å². The highest BCUT2D eigenvalue weighted by atomic mass is 16.5. The Hall–Kier alpha value is -2.40. The Morgan fingerprint density at radius 2 is 1.58 bits per heavy atom. The van der Waals surface area contributed by atoms with Crippen molar-refractivity contribution in [3.8, 4) is 23.0 Å². The summed E-state index contributed by atoms with van der Waals surface area (Å²) in [4.78, 5) is 2.38. The number of ether oxygens (including phenoxy) is 3. The largest absolute Gasteiger partial charge is 0.504 e. The fraction of sp³-hybridized carbons (Fsp3) is 0.368. The highest BCUT2D eigenvalue weighted by Gasteiger charge is 2.19. The van der Waals surface area contributed by atoms with Crippen molar-refractivity contribution >= 4 is 0 Å². The first kappa shape index (κ1) is 16.5. The van der Waals surface area contributed by atoms with Crippen molar-refractivity contribution in [1.82, 2.24) is 4.90 Å². The third kappa shape index (κ3) is 3.26. The second-order valence-electron chi connectivity index (χ2n) is 5.94. The highest BCUT2D eigenvalue weighted by Crippen LogP contribution is 2.34. The number of benzene rings is 2. The number of phenolic OH excluding ortho intramolecular Hbond substituents is 1. The third-order valence-electron chi connectivity index (χ3n) is 4.45. The first-order chi connectivity index (χ1) is 11.6. The van der Waals surface area contributed by atoms with E-state index in [0.29, 0.717) is 5.75 Å². The number of nitrogens with zero attached hydrogens (tertiary/aromatic N) is 1. The van der Waals surface area contributed by atoms with Crippen molar-refractivity contribution < 1.29 is 19.3 Å². The van der Waals surface area contributed by atoms with Gasteiger partial charge in [0.2, 0.25) is 0 Å². The van der Waals surface area contributed by atoms with Gasteiger partial charge in [0.1, 0.15) is 0 Å². The highest BCUT2D eigenvalue weighted by molar-refractivity contribution is 5.48. The summed E-state index contributed by atoms with van der Waals surface area (Å²) in [5, 5.41) is 9.71. The summed E-state index contributed by atoms with van der Waals surface area (Å²) in [6.45, 7) is 2.65. The Morgan fingerprint density at radius 1 is 0.917 bits per heavy atom. The Morgan fingerprint density at radius 3 is 2.25 bits per heavy atom. The van der Waals surface area contributed by atoms with Crippen LogP contribution in [0.2, 0.25) is 0 Å². The molecule has 24 heavy (non-hydrogen) atoms. The fourth-order valence-corrected chi connectivity index (χ4v) is 3.16. The van der Waals surface area contributed by atoms with E-state index in [4.69, 9.17) is 14.2 Å². The molecule has 1 N–H and O–H groups in total. The van der Waals surface area contributed by atoms with Crippen LogP contribution in [0.5, 0.6) is 23.0 Å². The molecule has 0 atom stereocenters. The van der Waals surface area contributed by atoms with E-state index in [1.165, 1.54) is 11.1 Å². The van der Waals surface area contributed by atoms with E-state index in [1.807, 2.05) is 12.1 Å². The first-order valence-corrected chi connectivity index (χ1v) is 7.96. The summed E-state index contributed by atoms with van der Waals surface area (Å²) in [7, 11) is 4.89. The van der Waals surface area contributed by atoms with Gasteiger partial charge in [0.25, 0.3) is 0 Å². The Balaban J connectivity index is 1.77. The summed E-state index contributed by atoms with van der Waals surface area (Å²) >= 11 is 0. The van der Waals surface area contributed by atoms with Crippen LogP contribution in [-0.4, -0.2) is 37.9 Å². The predicted molar refractivity (Wildman–Crippen MR) is 92.0 cm³/mol. The molecule has 1 aliphatic rings. The molecular weight excluding hydrogens is 306 g/mol. The minimum atomic E-state index is 0.169. The third-order valence-corrected chi connectivity index (χ3v) is 4.45. The topological polar surface area (TPSA) is 51.2 Å². The number of methoxy groups -OCH3 is 3. The van der Waals surface area contributed by atoms with Gasteiger partial charge in [-0.3, -0.25) is 4.90 Å². The van der Waals surface area contributed by atoms with Gasteiger partial charge in [-0.1, -0.05) is 6.07 Å². The SMILES string of the molecule is COc1cc(CN2CCc3cc(OC)c(OC)cc3C2)ccc1O. The zero-order chi connectivity index (χ0) is 17.1. The van der Waals surface area contributed by atoms with Crippen LogP contribution in [0.1, 0.15) is 16.7 Å². The number of hydrogen-bond donors (Lipinski definition) is 1. The lowest BCUT2D eigenvalue weighted by molar-refractivity contribution is 0.243. The predicted octanol–water partition coefficient (Wildman–Crippen LogP) is 2.98. The molecule has 5 heteroatoms. The molecule has 128 valence electrons. The molecule has 0 unspecified atom stereocenters. The smallest absolute Gasteiger partial charge is 0.161 e. The Bertz CT molecular complexity index is 730. The molecule has 0 aromatic heterocycles. The lowest BCUT2D eigenvalue weighted by Crippen LogP contribution is -2.30. The van der Waals surface area contributed by atoms with Crippen LogP contribution in [0.4, 0.5) is 0 Å².